The SMILES string of the molecule is O=C(c1nnc(-c2ccccc2)o1)N1CC(Sc2ccc(CN3CCOCC3)cc2)C1. The van der Waals surface area contributed by atoms with Crippen molar-refractivity contribution < 1.29 is 13.9 Å². The molecule has 0 N–H and O–H groups in total. The number of hydrogen-bond acceptors (Lipinski definition) is 7. The van der Waals surface area contributed by atoms with Gasteiger partial charge in [0.1, 0.15) is 0 Å². The average Bonchev–Trinajstić information content (AvgIpc) is 3.28. The highest BCUT2D eigenvalue weighted by Crippen LogP contribution is 2.31. The van der Waals surface area contributed by atoms with E-state index in [4.69, 9.17) is 9.15 Å². The maximum absolute atomic E-state index is 12.6. The Kier molecular flexibility index (Phi) is 6.01. The molecule has 0 spiro atoms. The Morgan fingerprint density at radius 3 is 2.48 bits per heavy atom. The summed E-state index contributed by atoms with van der Waals surface area (Å²) < 4.78 is 11.0. The highest BCUT2D eigenvalue weighted by atomic mass is 32.2. The first-order valence-corrected chi connectivity index (χ1v) is 11.4. The van der Waals surface area contributed by atoms with Crippen molar-refractivity contribution in [1.29, 1.82) is 0 Å². The third-order valence-electron chi connectivity index (χ3n) is 5.50. The van der Waals surface area contributed by atoms with Crippen LogP contribution in [0.5, 0.6) is 0 Å². The second-order valence-corrected chi connectivity index (χ2v) is 9.13. The number of carbonyl (C=O) groups is 1. The van der Waals surface area contributed by atoms with Gasteiger partial charge < -0.3 is 14.1 Å². The minimum absolute atomic E-state index is 0.0507. The molecule has 2 aromatic carbocycles. The second-order valence-electron chi connectivity index (χ2n) is 7.76. The monoisotopic (exact) mass is 436 g/mol. The third-order valence-corrected chi connectivity index (χ3v) is 6.68. The Morgan fingerprint density at radius 2 is 1.74 bits per heavy atom. The van der Waals surface area contributed by atoms with Gasteiger partial charge in [0.05, 0.1) is 13.2 Å². The number of likely N-dealkylation sites (tertiary alicyclic amines) is 1. The quantitative estimate of drug-likeness (QED) is 0.588. The summed E-state index contributed by atoms with van der Waals surface area (Å²) in [4.78, 5) is 18.0. The minimum Gasteiger partial charge on any atom is -0.412 e. The number of morpholine rings is 1. The highest BCUT2D eigenvalue weighted by Gasteiger charge is 2.34. The number of hydrogen-bond donors (Lipinski definition) is 0. The van der Waals surface area contributed by atoms with Gasteiger partial charge in [-0.3, -0.25) is 9.69 Å². The number of thioether (sulfide) groups is 1. The zero-order chi connectivity index (χ0) is 21.0. The van der Waals surface area contributed by atoms with E-state index in [-0.39, 0.29) is 11.8 Å². The predicted octanol–water partition coefficient (Wildman–Crippen LogP) is 3.19. The molecule has 0 unspecified atom stereocenters. The van der Waals surface area contributed by atoms with Gasteiger partial charge in [-0.15, -0.1) is 22.0 Å². The van der Waals surface area contributed by atoms with Crippen LogP contribution in [-0.2, 0) is 11.3 Å². The summed E-state index contributed by atoms with van der Waals surface area (Å²) in [6.45, 7) is 5.97. The van der Waals surface area contributed by atoms with Crippen molar-refractivity contribution in [3.05, 3.63) is 66.1 Å². The fraction of sp³-hybridized carbons (Fsp3) is 0.348. The first kappa shape index (κ1) is 20.2. The minimum atomic E-state index is -0.201. The average molecular weight is 437 g/mol. The number of aromatic nitrogens is 2. The number of nitrogens with zero attached hydrogens (tertiary/aromatic N) is 4. The molecule has 160 valence electrons. The zero-order valence-corrected chi connectivity index (χ0v) is 18.0. The van der Waals surface area contributed by atoms with Crippen LogP contribution in [0, 0.1) is 0 Å². The van der Waals surface area contributed by atoms with Crippen molar-refractivity contribution in [2.75, 3.05) is 39.4 Å². The summed E-state index contributed by atoms with van der Waals surface area (Å²) in [6.07, 6.45) is 0. The second kappa shape index (κ2) is 9.21. The highest BCUT2D eigenvalue weighted by molar-refractivity contribution is 8.00. The van der Waals surface area contributed by atoms with Crippen LogP contribution in [0.1, 0.15) is 16.2 Å². The molecular formula is C23H24N4O3S. The largest absolute Gasteiger partial charge is 0.412 e. The topological polar surface area (TPSA) is 71.7 Å². The number of benzene rings is 2. The van der Waals surface area contributed by atoms with Gasteiger partial charge in [0.2, 0.25) is 5.89 Å². The van der Waals surface area contributed by atoms with Crippen molar-refractivity contribution in [1.82, 2.24) is 20.0 Å². The Morgan fingerprint density at radius 1 is 1.00 bits per heavy atom. The molecule has 2 fully saturated rings. The molecule has 2 aliphatic rings. The molecule has 2 aliphatic heterocycles. The van der Waals surface area contributed by atoms with Crippen LogP contribution in [-0.4, -0.2) is 70.5 Å². The van der Waals surface area contributed by atoms with Crippen molar-refractivity contribution in [2.45, 2.75) is 16.7 Å². The van der Waals surface area contributed by atoms with Crippen molar-refractivity contribution in [2.24, 2.45) is 0 Å². The van der Waals surface area contributed by atoms with Crippen LogP contribution in [0.25, 0.3) is 11.5 Å². The van der Waals surface area contributed by atoms with E-state index in [1.54, 1.807) is 4.90 Å². The van der Waals surface area contributed by atoms with Gasteiger partial charge >= 0.3 is 11.8 Å². The van der Waals surface area contributed by atoms with Crippen molar-refractivity contribution >= 4 is 17.7 Å². The number of carbonyl (C=O) groups excluding carboxylic acids is 1. The molecule has 0 saturated carbocycles. The van der Waals surface area contributed by atoms with Gasteiger partial charge in [-0.05, 0) is 29.8 Å². The Bertz CT molecular complexity index is 1010. The summed E-state index contributed by atoms with van der Waals surface area (Å²) in [5.41, 5.74) is 2.13. The molecule has 5 rings (SSSR count). The fourth-order valence-corrected chi connectivity index (χ4v) is 4.89. The molecule has 31 heavy (non-hydrogen) atoms. The lowest BCUT2D eigenvalue weighted by molar-refractivity contribution is 0.0342. The normalized spacial score (nSPS) is 17.5. The third kappa shape index (κ3) is 4.81. The summed E-state index contributed by atoms with van der Waals surface area (Å²) >= 11 is 1.81. The molecule has 1 amide bonds. The molecule has 0 bridgehead atoms. The molecule has 8 heteroatoms. The molecule has 1 aromatic heterocycles. The van der Waals surface area contributed by atoms with E-state index in [2.05, 4.69) is 39.4 Å². The Balaban J connectivity index is 1.11. The number of amides is 1. The van der Waals surface area contributed by atoms with E-state index in [0.717, 1.165) is 38.4 Å². The van der Waals surface area contributed by atoms with Gasteiger partial charge in [0.15, 0.2) is 0 Å². The van der Waals surface area contributed by atoms with Gasteiger partial charge in [-0.25, -0.2) is 0 Å². The molecule has 7 nitrogen and oxygen atoms in total. The molecule has 0 atom stereocenters. The van der Waals surface area contributed by atoms with Crippen LogP contribution < -0.4 is 0 Å². The standard InChI is InChI=1S/C23H24N4O3S/c28-23(22-25-24-21(30-22)18-4-2-1-3-5-18)27-15-20(16-27)31-19-8-6-17(7-9-19)14-26-10-12-29-13-11-26/h1-9,20H,10-16H2. The van der Waals surface area contributed by atoms with Gasteiger partial charge in [0.25, 0.3) is 0 Å². The number of rotatable bonds is 6. The summed E-state index contributed by atoms with van der Waals surface area (Å²) in [6, 6.07) is 18.2. The van der Waals surface area contributed by atoms with E-state index in [0.29, 0.717) is 24.2 Å². The Hall–Kier alpha value is -2.68. The zero-order valence-electron chi connectivity index (χ0n) is 17.1. The van der Waals surface area contributed by atoms with E-state index in [9.17, 15) is 4.79 Å². The van der Waals surface area contributed by atoms with E-state index in [1.165, 1.54) is 10.5 Å². The van der Waals surface area contributed by atoms with Crippen LogP contribution >= 0.6 is 11.8 Å². The molecule has 2 saturated heterocycles. The summed E-state index contributed by atoms with van der Waals surface area (Å²) in [7, 11) is 0. The predicted molar refractivity (Wildman–Crippen MR) is 118 cm³/mol. The van der Waals surface area contributed by atoms with Crippen LogP contribution in [0.15, 0.2) is 63.9 Å². The lowest BCUT2D eigenvalue weighted by atomic mass is 10.2. The van der Waals surface area contributed by atoms with Gasteiger partial charge in [-0.2, -0.15) is 0 Å². The van der Waals surface area contributed by atoms with Crippen LogP contribution in [0.3, 0.4) is 0 Å². The van der Waals surface area contributed by atoms with Crippen molar-refractivity contribution in [3.8, 4) is 11.5 Å². The van der Waals surface area contributed by atoms with E-state index >= 15 is 0 Å². The molecule has 3 aromatic rings. The van der Waals surface area contributed by atoms with Crippen LogP contribution in [0.2, 0.25) is 0 Å². The van der Waals surface area contributed by atoms with Crippen LogP contribution in [0.4, 0.5) is 0 Å². The van der Waals surface area contributed by atoms with Gasteiger partial charge in [-0.1, -0.05) is 30.3 Å². The maximum Gasteiger partial charge on any atom is 0.311 e. The van der Waals surface area contributed by atoms with Crippen molar-refractivity contribution in [3.63, 3.8) is 0 Å². The van der Waals surface area contributed by atoms with E-state index in [1.807, 2.05) is 42.1 Å². The maximum atomic E-state index is 12.6. The first-order chi connectivity index (χ1) is 15.2. The van der Waals surface area contributed by atoms with E-state index < -0.39 is 0 Å². The lowest BCUT2D eigenvalue weighted by Gasteiger charge is -2.37. The molecule has 3 heterocycles. The molecule has 0 aliphatic carbocycles. The lowest BCUT2D eigenvalue weighted by Crippen LogP contribution is -2.52. The smallest absolute Gasteiger partial charge is 0.311 e. The molecule has 0 radical (unpaired) electrons. The fourth-order valence-electron chi connectivity index (χ4n) is 3.70. The molecular weight excluding hydrogens is 412 g/mol. The number of ether oxygens (including phenoxy) is 1. The first-order valence-electron chi connectivity index (χ1n) is 10.5. The van der Waals surface area contributed by atoms with Gasteiger partial charge in [0, 0.05) is 48.4 Å². The summed E-state index contributed by atoms with van der Waals surface area (Å²) in [5.74, 6) is 0.217. The Labute approximate surface area is 185 Å². The summed E-state index contributed by atoms with van der Waals surface area (Å²) in [5, 5.41) is 8.32.